The van der Waals surface area contributed by atoms with E-state index in [1.807, 2.05) is 43.3 Å². The highest BCUT2D eigenvalue weighted by Gasteiger charge is 2.18. The van der Waals surface area contributed by atoms with Gasteiger partial charge < -0.3 is 14.2 Å². The topological polar surface area (TPSA) is 68.5 Å². The van der Waals surface area contributed by atoms with Crippen LogP contribution in [0.15, 0.2) is 57.5 Å². The second kappa shape index (κ2) is 8.14. The zero-order chi connectivity index (χ0) is 18.5. The maximum absolute atomic E-state index is 12.7. The molecule has 0 aliphatic rings. The van der Waals surface area contributed by atoms with Crippen molar-refractivity contribution in [3.63, 3.8) is 0 Å². The highest BCUT2D eigenvalue weighted by Crippen LogP contribution is 2.20. The van der Waals surface area contributed by atoms with E-state index in [9.17, 15) is 4.79 Å². The number of ether oxygens (including phenoxy) is 1. The van der Waals surface area contributed by atoms with Crippen molar-refractivity contribution in [3.8, 4) is 17.1 Å². The molecule has 3 rings (SSSR count). The zero-order valence-electron chi connectivity index (χ0n) is 14.5. The third-order valence-corrected chi connectivity index (χ3v) is 4.38. The minimum Gasteiger partial charge on any atom is -0.497 e. The van der Waals surface area contributed by atoms with Crippen LogP contribution in [0.5, 0.6) is 5.75 Å². The van der Waals surface area contributed by atoms with Gasteiger partial charge in [-0.05, 0) is 49.4 Å². The van der Waals surface area contributed by atoms with Crippen molar-refractivity contribution in [3.05, 3.63) is 64.5 Å². The van der Waals surface area contributed by atoms with E-state index in [4.69, 9.17) is 9.26 Å². The second-order valence-electron chi connectivity index (χ2n) is 5.57. The monoisotopic (exact) mass is 415 g/mol. The number of amides is 1. The van der Waals surface area contributed by atoms with Gasteiger partial charge in [0.2, 0.25) is 11.7 Å². The summed E-state index contributed by atoms with van der Waals surface area (Å²) in [5.41, 5.74) is 1.43. The van der Waals surface area contributed by atoms with E-state index in [0.29, 0.717) is 23.8 Å². The third kappa shape index (κ3) is 4.11. The number of aromatic nitrogens is 2. The molecule has 0 fully saturated rings. The molecule has 1 heterocycles. The molecule has 6 nitrogen and oxygen atoms in total. The number of carbonyl (C=O) groups excluding carboxylic acids is 1. The highest BCUT2D eigenvalue weighted by molar-refractivity contribution is 9.10. The first-order valence-corrected chi connectivity index (χ1v) is 8.92. The first-order valence-electron chi connectivity index (χ1n) is 8.12. The number of nitrogens with zero attached hydrogens (tertiary/aromatic N) is 3. The van der Waals surface area contributed by atoms with Crippen LogP contribution in [0.25, 0.3) is 11.4 Å². The molecule has 0 aliphatic heterocycles. The molecule has 0 N–H and O–H groups in total. The molecule has 0 unspecified atom stereocenters. The normalized spacial score (nSPS) is 10.6. The van der Waals surface area contributed by atoms with Gasteiger partial charge in [0.25, 0.3) is 5.91 Å². The predicted molar refractivity (Wildman–Crippen MR) is 101 cm³/mol. The van der Waals surface area contributed by atoms with Crippen LogP contribution in [0.4, 0.5) is 0 Å². The molecule has 26 heavy (non-hydrogen) atoms. The fraction of sp³-hybridized carbons (Fsp3) is 0.211. The lowest BCUT2D eigenvalue weighted by molar-refractivity contribution is 0.0734. The van der Waals surface area contributed by atoms with Crippen LogP contribution in [0, 0.1) is 0 Å². The number of benzene rings is 2. The van der Waals surface area contributed by atoms with Crippen molar-refractivity contribution in [2.24, 2.45) is 0 Å². The van der Waals surface area contributed by atoms with E-state index in [0.717, 1.165) is 15.8 Å². The Morgan fingerprint density at radius 2 is 2.00 bits per heavy atom. The molecule has 0 radical (unpaired) electrons. The lowest BCUT2D eigenvalue weighted by Crippen LogP contribution is -2.30. The molecular formula is C19H18BrN3O3. The van der Waals surface area contributed by atoms with Crippen LogP contribution in [0.3, 0.4) is 0 Å². The van der Waals surface area contributed by atoms with Crippen LogP contribution >= 0.6 is 15.9 Å². The van der Waals surface area contributed by atoms with Crippen molar-refractivity contribution in [2.45, 2.75) is 13.5 Å². The molecule has 0 spiro atoms. The minimum absolute atomic E-state index is 0.0852. The van der Waals surface area contributed by atoms with E-state index < -0.39 is 0 Å². The summed E-state index contributed by atoms with van der Waals surface area (Å²) in [4.78, 5) is 18.7. The molecule has 2 aromatic carbocycles. The number of rotatable bonds is 6. The zero-order valence-corrected chi connectivity index (χ0v) is 16.1. The number of hydrogen-bond acceptors (Lipinski definition) is 5. The summed E-state index contributed by atoms with van der Waals surface area (Å²) >= 11 is 3.39. The van der Waals surface area contributed by atoms with Crippen molar-refractivity contribution >= 4 is 21.8 Å². The largest absolute Gasteiger partial charge is 0.497 e. The third-order valence-electron chi connectivity index (χ3n) is 3.88. The summed E-state index contributed by atoms with van der Waals surface area (Å²) < 4.78 is 11.3. The highest BCUT2D eigenvalue weighted by atomic mass is 79.9. The fourth-order valence-electron chi connectivity index (χ4n) is 2.47. The summed E-state index contributed by atoms with van der Waals surface area (Å²) in [6.45, 7) is 2.70. The van der Waals surface area contributed by atoms with Crippen molar-refractivity contribution < 1.29 is 14.1 Å². The number of carbonyl (C=O) groups is 1. The molecule has 0 aliphatic carbocycles. The van der Waals surface area contributed by atoms with Gasteiger partial charge in [-0.3, -0.25) is 4.79 Å². The molecule has 0 saturated carbocycles. The Hall–Kier alpha value is -2.67. The average molecular weight is 416 g/mol. The number of halogens is 1. The molecule has 1 aromatic heterocycles. The van der Waals surface area contributed by atoms with Gasteiger partial charge in [0, 0.05) is 22.1 Å². The number of hydrogen-bond donors (Lipinski definition) is 0. The van der Waals surface area contributed by atoms with E-state index in [1.165, 1.54) is 0 Å². The van der Waals surface area contributed by atoms with Gasteiger partial charge in [-0.2, -0.15) is 4.98 Å². The maximum atomic E-state index is 12.7. The predicted octanol–water partition coefficient (Wildman–Crippen LogP) is 4.17. The quantitative estimate of drug-likeness (QED) is 0.604. The van der Waals surface area contributed by atoms with Gasteiger partial charge in [0.15, 0.2) is 0 Å². The van der Waals surface area contributed by atoms with Gasteiger partial charge in [0.1, 0.15) is 12.3 Å². The molecule has 7 heteroatoms. The van der Waals surface area contributed by atoms with Crippen LogP contribution in [0.1, 0.15) is 23.2 Å². The summed E-state index contributed by atoms with van der Waals surface area (Å²) in [7, 11) is 1.61. The summed E-state index contributed by atoms with van der Waals surface area (Å²) in [6, 6.07) is 14.7. The smallest absolute Gasteiger partial charge is 0.254 e. The summed E-state index contributed by atoms with van der Waals surface area (Å²) in [6.07, 6.45) is 0. The minimum atomic E-state index is -0.0852. The van der Waals surface area contributed by atoms with E-state index >= 15 is 0 Å². The summed E-state index contributed by atoms with van der Waals surface area (Å²) in [5.74, 6) is 1.54. The molecule has 0 bridgehead atoms. The van der Waals surface area contributed by atoms with Crippen LogP contribution in [0.2, 0.25) is 0 Å². The Morgan fingerprint density at radius 3 is 2.65 bits per heavy atom. The SMILES string of the molecule is CCN(Cc1nc(-c2ccc(OC)cc2)no1)C(=O)c1cccc(Br)c1. The van der Waals surface area contributed by atoms with Crippen molar-refractivity contribution in [1.82, 2.24) is 15.0 Å². The first-order chi connectivity index (χ1) is 12.6. The second-order valence-corrected chi connectivity index (χ2v) is 6.49. The van der Waals surface area contributed by atoms with Gasteiger partial charge in [-0.25, -0.2) is 0 Å². The fourth-order valence-corrected chi connectivity index (χ4v) is 2.87. The van der Waals surface area contributed by atoms with E-state index in [2.05, 4.69) is 26.1 Å². The Labute approximate surface area is 159 Å². The molecule has 3 aromatic rings. The molecule has 134 valence electrons. The molecule has 0 atom stereocenters. The number of methoxy groups -OCH3 is 1. The molecule has 1 amide bonds. The summed E-state index contributed by atoms with van der Waals surface area (Å²) in [5, 5.41) is 4.00. The lowest BCUT2D eigenvalue weighted by Gasteiger charge is -2.18. The van der Waals surface area contributed by atoms with Gasteiger partial charge >= 0.3 is 0 Å². The van der Waals surface area contributed by atoms with E-state index in [-0.39, 0.29) is 12.5 Å². The Kier molecular flexibility index (Phi) is 5.68. The van der Waals surface area contributed by atoms with Gasteiger partial charge in [-0.15, -0.1) is 0 Å². The standard InChI is InChI=1S/C19H18BrN3O3/c1-3-23(19(24)14-5-4-6-15(20)11-14)12-17-21-18(22-26-17)13-7-9-16(25-2)10-8-13/h4-11H,3,12H2,1-2H3. The Bertz CT molecular complexity index is 893. The molecule has 0 saturated heterocycles. The maximum Gasteiger partial charge on any atom is 0.254 e. The van der Waals surface area contributed by atoms with Crippen LogP contribution in [-0.4, -0.2) is 34.6 Å². The Balaban J connectivity index is 1.74. The lowest BCUT2D eigenvalue weighted by atomic mass is 10.2. The van der Waals surface area contributed by atoms with Crippen LogP contribution in [-0.2, 0) is 6.54 Å². The molecular weight excluding hydrogens is 398 g/mol. The van der Waals surface area contributed by atoms with Crippen molar-refractivity contribution in [2.75, 3.05) is 13.7 Å². The van der Waals surface area contributed by atoms with E-state index in [1.54, 1.807) is 24.1 Å². The Morgan fingerprint density at radius 1 is 1.23 bits per heavy atom. The average Bonchev–Trinajstić information content (AvgIpc) is 3.14. The van der Waals surface area contributed by atoms with Crippen molar-refractivity contribution in [1.29, 1.82) is 0 Å². The van der Waals surface area contributed by atoms with Gasteiger partial charge in [0.05, 0.1) is 7.11 Å². The van der Waals surface area contributed by atoms with Gasteiger partial charge in [-0.1, -0.05) is 27.2 Å². The first kappa shape index (κ1) is 18.1. The van der Waals surface area contributed by atoms with Crippen LogP contribution < -0.4 is 4.74 Å².